The van der Waals surface area contributed by atoms with Crippen LogP contribution in [-0.4, -0.2) is 5.78 Å². The minimum absolute atomic E-state index is 0.292. The molecule has 1 aliphatic carbocycles. The first kappa shape index (κ1) is 6.53. The molecule has 0 aromatic heterocycles. The fraction of sp³-hybridized carbons (Fsp3) is 0.625. The van der Waals surface area contributed by atoms with Crippen LogP contribution in [0.3, 0.4) is 0 Å². The van der Waals surface area contributed by atoms with Gasteiger partial charge < -0.3 is 0 Å². The summed E-state index contributed by atoms with van der Waals surface area (Å²) in [6.45, 7) is 2.13. The molecule has 0 aromatic carbocycles. The number of hydrogen-bond donors (Lipinski definition) is 0. The lowest BCUT2D eigenvalue weighted by Gasteiger charge is -2.02. The van der Waals surface area contributed by atoms with E-state index in [9.17, 15) is 4.79 Å². The van der Waals surface area contributed by atoms with Gasteiger partial charge in [-0.15, -0.1) is 0 Å². The zero-order valence-corrected chi connectivity index (χ0v) is 5.76. The number of rotatable bonds is 0. The Bertz CT molecular complexity index is 136. The van der Waals surface area contributed by atoms with Crippen molar-refractivity contribution in [1.29, 1.82) is 0 Å². The van der Waals surface area contributed by atoms with Crippen molar-refractivity contribution in [1.82, 2.24) is 0 Å². The molecule has 9 heavy (non-hydrogen) atoms. The predicted molar refractivity (Wildman–Crippen MR) is 37.2 cm³/mol. The summed E-state index contributed by atoms with van der Waals surface area (Å²) in [5, 5.41) is 0. The molecule has 50 valence electrons. The molecule has 1 atom stereocenters. The highest BCUT2D eigenvalue weighted by molar-refractivity contribution is 5.89. The molecule has 1 nitrogen and oxygen atoms in total. The van der Waals surface area contributed by atoms with E-state index in [1.54, 1.807) is 6.08 Å². The van der Waals surface area contributed by atoms with Gasteiger partial charge in [0.1, 0.15) is 0 Å². The number of ketones is 1. The monoisotopic (exact) mass is 124 g/mol. The lowest BCUT2D eigenvalue weighted by Crippen LogP contribution is -1.98. The number of allylic oxidation sites excluding steroid dienone is 2. The highest BCUT2D eigenvalue weighted by Crippen LogP contribution is 2.14. The van der Waals surface area contributed by atoms with Gasteiger partial charge in [0.25, 0.3) is 0 Å². The third kappa shape index (κ3) is 2.00. The van der Waals surface area contributed by atoms with Crippen LogP contribution in [0, 0.1) is 5.92 Å². The summed E-state index contributed by atoms with van der Waals surface area (Å²) in [5.41, 5.74) is 0. The molecule has 0 amide bonds. The first-order valence-corrected chi connectivity index (χ1v) is 3.48. The van der Waals surface area contributed by atoms with Crippen LogP contribution >= 0.6 is 0 Å². The molecular weight excluding hydrogens is 112 g/mol. The molecule has 0 heterocycles. The van der Waals surface area contributed by atoms with Crippen molar-refractivity contribution < 1.29 is 4.79 Å². The fourth-order valence-electron chi connectivity index (χ4n) is 1.11. The predicted octanol–water partition coefficient (Wildman–Crippen LogP) is 1.93. The molecular formula is C8H12O. The number of carbonyl (C=O) groups excluding carboxylic acids is 1. The largest absolute Gasteiger partial charge is 0.295 e. The van der Waals surface area contributed by atoms with Crippen LogP contribution in [-0.2, 0) is 4.79 Å². The molecule has 0 N–H and O–H groups in total. The topological polar surface area (TPSA) is 17.1 Å². The Balaban J connectivity index is 2.50. The summed E-state index contributed by atoms with van der Waals surface area (Å²) >= 11 is 0. The van der Waals surface area contributed by atoms with E-state index in [-0.39, 0.29) is 0 Å². The molecule has 0 spiro atoms. The summed E-state index contributed by atoms with van der Waals surface area (Å²) < 4.78 is 0. The van der Waals surface area contributed by atoms with E-state index < -0.39 is 0 Å². The molecule has 0 aromatic rings. The van der Waals surface area contributed by atoms with Gasteiger partial charge in [0.05, 0.1) is 0 Å². The van der Waals surface area contributed by atoms with Gasteiger partial charge in [-0.25, -0.2) is 0 Å². The Labute approximate surface area is 55.8 Å². The van der Waals surface area contributed by atoms with Crippen molar-refractivity contribution in [2.24, 2.45) is 5.92 Å². The van der Waals surface area contributed by atoms with Crippen molar-refractivity contribution in [3.63, 3.8) is 0 Å². The fourth-order valence-corrected chi connectivity index (χ4v) is 1.11. The first-order chi connectivity index (χ1) is 4.29. The van der Waals surface area contributed by atoms with Crippen molar-refractivity contribution in [2.45, 2.75) is 26.2 Å². The normalized spacial score (nSPS) is 28.1. The smallest absolute Gasteiger partial charge is 0.155 e. The highest BCUT2D eigenvalue weighted by atomic mass is 16.1. The van der Waals surface area contributed by atoms with Gasteiger partial charge in [0.2, 0.25) is 0 Å². The van der Waals surface area contributed by atoms with Gasteiger partial charge in [-0.3, -0.25) is 4.79 Å². The Morgan fingerprint density at radius 3 is 3.22 bits per heavy atom. The Kier molecular flexibility index (Phi) is 2.04. The van der Waals surface area contributed by atoms with Gasteiger partial charge in [-0.1, -0.05) is 13.0 Å². The quantitative estimate of drug-likeness (QED) is 0.482. The van der Waals surface area contributed by atoms with Crippen LogP contribution in [0.2, 0.25) is 0 Å². The minimum Gasteiger partial charge on any atom is -0.295 e. The molecule has 1 rings (SSSR count). The average Bonchev–Trinajstić information content (AvgIpc) is 1.93. The van der Waals surface area contributed by atoms with E-state index >= 15 is 0 Å². The summed E-state index contributed by atoms with van der Waals surface area (Å²) in [6, 6.07) is 0. The second-order valence-electron chi connectivity index (χ2n) is 2.76. The van der Waals surface area contributed by atoms with Crippen LogP contribution in [0.5, 0.6) is 0 Å². The Morgan fingerprint density at radius 1 is 1.67 bits per heavy atom. The zero-order chi connectivity index (χ0) is 6.69. The van der Waals surface area contributed by atoms with Gasteiger partial charge >= 0.3 is 0 Å². The van der Waals surface area contributed by atoms with Crippen molar-refractivity contribution >= 4 is 5.78 Å². The lowest BCUT2D eigenvalue weighted by atomic mass is 10.0. The second-order valence-corrected chi connectivity index (χ2v) is 2.76. The standard InChI is InChI=1S/C8H12O/c1-7-4-2-3-5-8(9)6-7/h3,5,7H,2,4,6H2,1H3. The first-order valence-electron chi connectivity index (χ1n) is 3.48. The van der Waals surface area contributed by atoms with Crippen LogP contribution in [0.25, 0.3) is 0 Å². The summed E-state index contributed by atoms with van der Waals surface area (Å²) in [5.74, 6) is 0.882. The summed E-state index contributed by atoms with van der Waals surface area (Å²) in [6.07, 6.45) is 6.68. The van der Waals surface area contributed by atoms with E-state index in [0.29, 0.717) is 11.7 Å². The Morgan fingerprint density at radius 2 is 2.44 bits per heavy atom. The molecule has 1 heteroatoms. The number of carbonyl (C=O) groups is 1. The third-order valence-electron chi connectivity index (χ3n) is 1.68. The van der Waals surface area contributed by atoms with Crippen LogP contribution in [0.1, 0.15) is 26.2 Å². The van der Waals surface area contributed by atoms with Crippen LogP contribution < -0.4 is 0 Å². The maximum absolute atomic E-state index is 10.8. The SMILES string of the molecule is CC1CCC=CC(=O)C1. The van der Waals surface area contributed by atoms with E-state index in [2.05, 4.69) is 6.92 Å². The van der Waals surface area contributed by atoms with Crippen molar-refractivity contribution in [2.75, 3.05) is 0 Å². The lowest BCUT2D eigenvalue weighted by molar-refractivity contribution is -0.115. The highest BCUT2D eigenvalue weighted by Gasteiger charge is 2.08. The molecule has 0 saturated heterocycles. The summed E-state index contributed by atoms with van der Waals surface area (Å²) in [7, 11) is 0. The molecule has 0 aliphatic heterocycles. The third-order valence-corrected chi connectivity index (χ3v) is 1.68. The van der Waals surface area contributed by atoms with Crippen LogP contribution in [0.15, 0.2) is 12.2 Å². The van der Waals surface area contributed by atoms with Crippen molar-refractivity contribution in [3.8, 4) is 0 Å². The molecule has 1 aliphatic rings. The van der Waals surface area contributed by atoms with E-state index in [4.69, 9.17) is 0 Å². The zero-order valence-electron chi connectivity index (χ0n) is 5.76. The van der Waals surface area contributed by atoms with E-state index in [1.165, 1.54) is 6.42 Å². The maximum atomic E-state index is 10.8. The average molecular weight is 124 g/mol. The van der Waals surface area contributed by atoms with E-state index in [0.717, 1.165) is 12.8 Å². The van der Waals surface area contributed by atoms with Gasteiger partial charge in [-0.05, 0) is 24.8 Å². The molecule has 0 bridgehead atoms. The van der Waals surface area contributed by atoms with E-state index in [1.807, 2.05) is 6.08 Å². The second kappa shape index (κ2) is 2.81. The van der Waals surface area contributed by atoms with Gasteiger partial charge in [0, 0.05) is 6.42 Å². The van der Waals surface area contributed by atoms with Gasteiger partial charge in [0.15, 0.2) is 5.78 Å². The summed E-state index contributed by atoms with van der Waals surface area (Å²) in [4.78, 5) is 10.8. The van der Waals surface area contributed by atoms with Crippen LogP contribution in [0.4, 0.5) is 0 Å². The number of hydrogen-bond acceptors (Lipinski definition) is 1. The molecule has 1 unspecified atom stereocenters. The van der Waals surface area contributed by atoms with Gasteiger partial charge in [-0.2, -0.15) is 0 Å². The molecule has 0 saturated carbocycles. The Hall–Kier alpha value is -0.590. The maximum Gasteiger partial charge on any atom is 0.155 e. The minimum atomic E-state index is 0.292. The van der Waals surface area contributed by atoms with Crippen molar-refractivity contribution in [3.05, 3.63) is 12.2 Å². The molecule has 0 fully saturated rings. The molecule has 0 radical (unpaired) electrons.